The van der Waals surface area contributed by atoms with Crippen molar-refractivity contribution in [3.63, 3.8) is 0 Å². The molecule has 1 heterocycles. The summed E-state index contributed by atoms with van der Waals surface area (Å²) in [4.78, 5) is 19.4. The van der Waals surface area contributed by atoms with Crippen molar-refractivity contribution in [1.82, 2.24) is 14.5 Å². The van der Waals surface area contributed by atoms with Crippen LogP contribution in [0.15, 0.2) is 42.5 Å². The summed E-state index contributed by atoms with van der Waals surface area (Å²) in [5.74, 6) is 2.09. The normalized spacial score (nSPS) is 10.9. The highest BCUT2D eigenvalue weighted by molar-refractivity contribution is 5.84. The van der Waals surface area contributed by atoms with E-state index >= 15 is 0 Å². The summed E-state index contributed by atoms with van der Waals surface area (Å²) < 4.78 is 12.7. The van der Waals surface area contributed by atoms with Gasteiger partial charge < -0.3 is 18.9 Å². The second-order valence-corrected chi connectivity index (χ2v) is 6.75. The highest BCUT2D eigenvalue weighted by atomic mass is 16.5. The molecule has 3 aromatic rings. The smallest absolute Gasteiger partial charge is 0.242 e. The number of amides is 1. The number of para-hydroxylation sites is 2. The minimum atomic E-state index is 0.0679. The highest BCUT2D eigenvalue weighted by Gasteiger charge is 2.18. The van der Waals surface area contributed by atoms with Crippen LogP contribution in [0.3, 0.4) is 0 Å². The lowest BCUT2D eigenvalue weighted by molar-refractivity contribution is -0.130. The predicted molar refractivity (Wildman–Crippen MR) is 111 cm³/mol. The highest BCUT2D eigenvalue weighted by Crippen LogP contribution is 2.33. The molecule has 28 heavy (non-hydrogen) atoms. The van der Waals surface area contributed by atoms with E-state index < -0.39 is 0 Å². The van der Waals surface area contributed by atoms with Crippen LogP contribution in [0, 0.1) is 0 Å². The molecule has 6 heteroatoms. The third-order valence-electron chi connectivity index (χ3n) is 4.86. The number of methoxy groups -OCH3 is 2. The molecule has 0 unspecified atom stereocenters. The van der Waals surface area contributed by atoms with Gasteiger partial charge in [0.05, 0.1) is 25.3 Å². The molecule has 3 rings (SSSR count). The zero-order valence-electron chi connectivity index (χ0n) is 16.9. The zero-order valence-corrected chi connectivity index (χ0v) is 16.9. The lowest BCUT2D eigenvalue weighted by Crippen LogP contribution is -2.31. The molecule has 0 aliphatic rings. The van der Waals surface area contributed by atoms with Crippen LogP contribution in [-0.2, 0) is 11.3 Å². The van der Waals surface area contributed by atoms with Crippen molar-refractivity contribution in [1.29, 1.82) is 0 Å². The second kappa shape index (κ2) is 8.78. The van der Waals surface area contributed by atoms with E-state index in [1.54, 1.807) is 19.1 Å². The molecule has 0 bridgehead atoms. The molecule has 0 atom stereocenters. The van der Waals surface area contributed by atoms with Crippen LogP contribution in [0.4, 0.5) is 0 Å². The van der Waals surface area contributed by atoms with Gasteiger partial charge in [-0.3, -0.25) is 4.79 Å². The predicted octanol–water partition coefficient (Wildman–Crippen LogP) is 3.98. The van der Waals surface area contributed by atoms with Crippen LogP contribution in [-0.4, -0.2) is 48.2 Å². The van der Waals surface area contributed by atoms with Gasteiger partial charge in [0.2, 0.25) is 5.91 Å². The van der Waals surface area contributed by atoms with Gasteiger partial charge >= 0.3 is 0 Å². The summed E-state index contributed by atoms with van der Waals surface area (Å²) in [7, 11) is 5.07. The molecule has 6 nitrogen and oxygen atoms in total. The first-order valence-corrected chi connectivity index (χ1v) is 9.50. The van der Waals surface area contributed by atoms with Crippen LogP contribution < -0.4 is 9.47 Å². The Hall–Kier alpha value is -3.02. The van der Waals surface area contributed by atoms with Crippen molar-refractivity contribution in [3.05, 3.63) is 42.5 Å². The topological polar surface area (TPSA) is 56.6 Å². The second-order valence-electron chi connectivity index (χ2n) is 6.75. The molecule has 148 valence electrons. The fourth-order valence-electron chi connectivity index (χ4n) is 3.21. The quantitative estimate of drug-likeness (QED) is 0.592. The number of hydrogen-bond donors (Lipinski definition) is 0. The monoisotopic (exact) mass is 381 g/mol. The van der Waals surface area contributed by atoms with Gasteiger partial charge in [0.1, 0.15) is 12.4 Å². The number of nitrogens with zero attached hydrogens (tertiary/aromatic N) is 3. The fraction of sp³-hybridized carbons (Fsp3) is 0.364. The first-order valence-electron chi connectivity index (χ1n) is 9.50. The van der Waals surface area contributed by atoms with Gasteiger partial charge in [-0.05, 0) is 36.8 Å². The van der Waals surface area contributed by atoms with Crippen molar-refractivity contribution in [2.45, 2.75) is 26.3 Å². The molecule has 2 aromatic carbocycles. The first-order chi connectivity index (χ1) is 13.6. The van der Waals surface area contributed by atoms with E-state index in [1.165, 1.54) is 0 Å². The number of ether oxygens (including phenoxy) is 2. The average Bonchev–Trinajstić information content (AvgIpc) is 3.09. The Morgan fingerprint density at radius 2 is 1.86 bits per heavy atom. The number of unbranched alkanes of at least 4 members (excludes halogenated alkanes) is 1. The van der Waals surface area contributed by atoms with Crippen molar-refractivity contribution in [2.24, 2.45) is 0 Å². The van der Waals surface area contributed by atoms with E-state index in [-0.39, 0.29) is 12.5 Å². The van der Waals surface area contributed by atoms with E-state index in [0.29, 0.717) is 11.5 Å². The van der Waals surface area contributed by atoms with Crippen LogP contribution in [0.1, 0.15) is 19.8 Å². The van der Waals surface area contributed by atoms with E-state index in [4.69, 9.17) is 14.5 Å². The van der Waals surface area contributed by atoms with Crippen molar-refractivity contribution in [2.75, 3.05) is 27.8 Å². The Labute approximate surface area is 165 Å². The van der Waals surface area contributed by atoms with Crippen molar-refractivity contribution >= 4 is 16.9 Å². The van der Waals surface area contributed by atoms with Gasteiger partial charge in [0, 0.05) is 19.2 Å². The maximum Gasteiger partial charge on any atom is 0.242 e. The van der Waals surface area contributed by atoms with Crippen LogP contribution >= 0.6 is 0 Å². The van der Waals surface area contributed by atoms with Gasteiger partial charge in [-0.1, -0.05) is 25.5 Å². The molecular weight excluding hydrogens is 354 g/mol. The number of imidazole rings is 1. The first kappa shape index (κ1) is 19.7. The van der Waals surface area contributed by atoms with Gasteiger partial charge in [-0.2, -0.15) is 0 Å². The Morgan fingerprint density at radius 1 is 1.11 bits per heavy atom. The maximum atomic E-state index is 12.8. The molecule has 0 saturated heterocycles. The number of rotatable bonds is 8. The number of carbonyl (C=O) groups excluding carboxylic acids is 1. The number of aromatic nitrogens is 2. The molecule has 1 aromatic heterocycles. The van der Waals surface area contributed by atoms with Crippen molar-refractivity contribution in [3.8, 4) is 22.9 Å². The number of carbonyl (C=O) groups is 1. The largest absolute Gasteiger partial charge is 0.493 e. The molecule has 0 aliphatic carbocycles. The number of fused-ring (bicyclic) bond motifs is 1. The molecule has 1 amide bonds. The molecule has 0 saturated carbocycles. The molecule has 0 fully saturated rings. The number of likely N-dealkylation sites (N-methyl/N-ethyl adjacent to an activating group) is 1. The Kier molecular flexibility index (Phi) is 6.19. The average molecular weight is 381 g/mol. The Bertz CT molecular complexity index is 965. The van der Waals surface area contributed by atoms with Gasteiger partial charge in [-0.25, -0.2) is 4.98 Å². The number of hydrogen-bond acceptors (Lipinski definition) is 4. The Morgan fingerprint density at radius 3 is 2.57 bits per heavy atom. The molecule has 0 N–H and O–H groups in total. The van der Waals surface area contributed by atoms with Crippen molar-refractivity contribution < 1.29 is 14.3 Å². The Balaban J connectivity index is 2.03. The summed E-state index contributed by atoms with van der Waals surface area (Å²) in [5.41, 5.74) is 2.67. The summed E-state index contributed by atoms with van der Waals surface area (Å²) >= 11 is 0. The summed E-state index contributed by atoms with van der Waals surface area (Å²) in [6.45, 7) is 3.12. The van der Waals surface area contributed by atoms with E-state index in [0.717, 1.165) is 41.8 Å². The minimum Gasteiger partial charge on any atom is -0.493 e. The summed E-state index contributed by atoms with van der Waals surface area (Å²) in [6, 6.07) is 13.5. The summed E-state index contributed by atoms with van der Waals surface area (Å²) in [5, 5.41) is 0. The standard InChI is InChI=1S/C22H27N3O3/c1-5-6-13-24(2)21(26)15-25-18-10-8-7-9-17(18)23-22(25)16-11-12-19(27-3)20(14-16)28-4/h7-12,14H,5-6,13,15H2,1-4H3. The van der Waals surface area contributed by atoms with Crippen LogP contribution in [0.5, 0.6) is 11.5 Å². The maximum absolute atomic E-state index is 12.8. The SMILES string of the molecule is CCCCN(C)C(=O)Cn1c(-c2ccc(OC)c(OC)c2)nc2ccccc21. The minimum absolute atomic E-state index is 0.0679. The molecular formula is C22H27N3O3. The molecule has 0 aliphatic heterocycles. The third kappa shape index (κ3) is 3.96. The van der Waals surface area contributed by atoms with E-state index in [2.05, 4.69) is 6.92 Å². The third-order valence-corrected chi connectivity index (χ3v) is 4.86. The van der Waals surface area contributed by atoms with Crippen LogP contribution in [0.25, 0.3) is 22.4 Å². The zero-order chi connectivity index (χ0) is 20.1. The lowest BCUT2D eigenvalue weighted by atomic mass is 10.2. The van der Waals surface area contributed by atoms with E-state index in [1.807, 2.05) is 54.1 Å². The van der Waals surface area contributed by atoms with Gasteiger partial charge in [0.25, 0.3) is 0 Å². The number of benzene rings is 2. The molecule has 0 radical (unpaired) electrons. The summed E-state index contributed by atoms with van der Waals surface area (Å²) in [6.07, 6.45) is 2.05. The fourth-order valence-corrected chi connectivity index (χ4v) is 3.21. The molecule has 0 spiro atoms. The lowest BCUT2D eigenvalue weighted by Gasteiger charge is -2.18. The van der Waals surface area contributed by atoms with E-state index in [9.17, 15) is 4.79 Å². The van der Waals surface area contributed by atoms with Gasteiger partial charge in [-0.15, -0.1) is 0 Å². The van der Waals surface area contributed by atoms with Gasteiger partial charge in [0.15, 0.2) is 11.5 Å². The van der Waals surface area contributed by atoms with Crippen LogP contribution in [0.2, 0.25) is 0 Å².